The van der Waals surface area contributed by atoms with Gasteiger partial charge in [-0.1, -0.05) is 24.3 Å². The van der Waals surface area contributed by atoms with Gasteiger partial charge in [-0.15, -0.1) is 0 Å². The quantitative estimate of drug-likeness (QED) is 0.900. The van der Waals surface area contributed by atoms with Crippen LogP contribution < -0.4 is 9.47 Å². The molecule has 0 aromatic heterocycles. The lowest BCUT2D eigenvalue weighted by atomic mass is 10.00. The lowest BCUT2D eigenvalue weighted by Crippen LogP contribution is -2.04. The van der Waals surface area contributed by atoms with Crippen molar-refractivity contribution >= 4 is 16.7 Å². The van der Waals surface area contributed by atoms with Crippen LogP contribution in [0.1, 0.15) is 5.56 Å². The average Bonchev–Trinajstić information content (AvgIpc) is 2.38. The molecule has 94 valence electrons. The van der Waals surface area contributed by atoms with Gasteiger partial charge < -0.3 is 14.6 Å². The van der Waals surface area contributed by atoms with E-state index < -0.39 is 5.97 Å². The van der Waals surface area contributed by atoms with Crippen LogP contribution in [0.4, 0.5) is 0 Å². The zero-order valence-corrected chi connectivity index (χ0v) is 10.3. The van der Waals surface area contributed by atoms with E-state index in [0.29, 0.717) is 17.1 Å². The lowest BCUT2D eigenvalue weighted by Gasteiger charge is -2.13. The number of hydrogen-bond acceptors (Lipinski definition) is 3. The maximum Gasteiger partial charge on any atom is 0.307 e. The molecule has 4 nitrogen and oxygen atoms in total. The predicted molar refractivity (Wildman–Crippen MR) is 68.4 cm³/mol. The van der Waals surface area contributed by atoms with Gasteiger partial charge in [0.25, 0.3) is 0 Å². The fourth-order valence-electron chi connectivity index (χ4n) is 2.06. The fraction of sp³-hybridized carbons (Fsp3) is 0.214. The monoisotopic (exact) mass is 246 g/mol. The van der Waals surface area contributed by atoms with Gasteiger partial charge in [-0.3, -0.25) is 4.79 Å². The van der Waals surface area contributed by atoms with Crippen molar-refractivity contribution in [3.8, 4) is 11.5 Å². The van der Waals surface area contributed by atoms with E-state index in [2.05, 4.69) is 0 Å². The van der Waals surface area contributed by atoms with E-state index in [-0.39, 0.29) is 6.42 Å². The summed E-state index contributed by atoms with van der Waals surface area (Å²) in [5.74, 6) is 0.327. The Labute approximate surface area is 105 Å². The van der Waals surface area contributed by atoms with Crippen LogP contribution in [0.3, 0.4) is 0 Å². The highest BCUT2D eigenvalue weighted by Crippen LogP contribution is 2.35. The van der Waals surface area contributed by atoms with Crippen LogP contribution in [-0.4, -0.2) is 25.3 Å². The second-order valence-corrected chi connectivity index (χ2v) is 3.88. The maximum absolute atomic E-state index is 10.9. The molecule has 0 fully saturated rings. The molecule has 0 bridgehead atoms. The van der Waals surface area contributed by atoms with Crippen LogP contribution in [0.2, 0.25) is 0 Å². The number of ether oxygens (including phenoxy) is 2. The summed E-state index contributed by atoms with van der Waals surface area (Å²) >= 11 is 0. The van der Waals surface area contributed by atoms with Gasteiger partial charge in [0, 0.05) is 17.0 Å². The number of fused-ring (bicyclic) bond motifs is 1. The predicted octanol–water partition coefficient (Wildman–Crippen LogP) is 2.48. The Kier molecular flexibility index (Phi) is 3.37. The minimum Gasteiger partial charge on any atom is -0.496 e. The third-order valence-corrected chi connectivity index (χ3v) is 2.85. The number of benzene rings is 2. The summed E-state index contributed by atoms with van der Waals surface area (Å²) < 4.78 is 10.6. The summed E-state index contributed by atoms with van der Waals surface area (Å²) in [6.07, 6.45) is -0.0757. The number of carboxylic acids is 1. The van der Waals surface area contributed by atoms with Gasteiger partial charge in [0.2, 0.25) is 0 Å². The summed E-state index contributed by atoms with van der Waals surface area (Å²) in [6, 6.07) is 9.26. The molecule has 18 heavy (non-hydrogen) atoms. The summed E-state index contributed by atoms with van der Waals surface area (Å²) in [5, 5.41) is 10.7. The van der Waals surface area contributed by atoms with E-state index in [1.165, 1.54) is 7.11 Å². The maximum atomic E-state index is 10.9. The first-order valence-corrected chi connectivity index (χ1v) is 5.51. The van der Waals surface area contributed by atoms with Crippen molar-refractivity contribution in [2.45, 2.75) is 6.42 Å². The standard InChI is InChI=1S/C14H14O4/c1-17-12-8-13(18-2)11(7-14(15)16)9-5-3-4-6-10(9)12/h3-6,8H,7H2,1-2H3,(H,15,16). The van der Waals surface area contributed by atoms with E-state index in [1.807, 2.05) is 24.3 Å². The van der Waals surface area contributed by atoms with E-state index in [9.17, 15) is 4.79 Å². The molecule has 0 spiro atoms. The topological polar surface area (TPSA) is 55.8 Å². The Hall–Kier alpha value is -2.23. The van der Waals surface area contributed by atoms with Crippen LogP contribution >= 0.6 is 0 Å². The summed E-state index contributed by atoms with van der Waals surface area (Å²) in [6.45, 7) is 0. The molecule has 1 N–H and O–H groups in total. The van der Waals surface area contributed by atoms with E-state index >= 15 is 0 Å². The van der Waals surface area contributed by atoms with E-state index in [0.717, 1.165) is 10.8 Å². The van der Waals surface area contributed by atoms with Gasteiger partial charge in [0.1, 0.15) is 11.5 Å². The van der Waals surface area contributed by atoms with Gasteiger partial charge in [0.15, 0.2) is 0 Å². The molecule has 2 rings (SSSR count). The van der Waals surface area contributed by atoms with Crippen molar-refractivity contribution in [1.82, 2.24) is 0 Å². The molecule has 0 atom stereocenters. The number of carboxylic acid groups (broad SMARTS) is 1. The van der Waals surface area contributed by atoms with Crippen molar-refractivity contribution in [1.29, 1.82) is 0 Å². The molecule has 0 saturated carbocycles. The molecule has 0 unspecified atom stereocenters. The van der Waals surface area contributed by atoms with Gasteiger partial charge in [-0.05, 0) is 5.39 Å². The van der Waals surface area contributed by atoms with Crippen molar-refractivity contribution < 1.29 is 19.4 Å². The molecule has 0 aliphatic carbocycles. The number of aliphatic carboxylic acids is 1. The number of hydrogen-bond donors (Lipinski definition) is 1. The zero-order chi connectivity index (χ0) is 13.1. The average molecular weight is 246 g/mol. The van der Waals surface area contributed by atoms with Crippen molar-refractivity contribution in [2.75, 3.05) is 14.2 Å². The Morgan fingerprint density at radius 1 is 1.11 bits per heavy atom. The smallest absolute Gasteiger partial charge is 0.307 e. The van der Waals surface area contributed by atoms with Crippen LogP contribution in [0.5, 0.6) is 11.5 Å². The van der Waals surface area contributed by atoms with Gasteiger partial charge >= 0.3 is 5.97 Å². The molecule has 0 aliphatic heterocycles. The third kappa shape index (κ3) is 2.09. The SMILES string of the molecule is COc1cc(OC)c2ccccc2c1CC(=O)O. The third-order valence-electron chi connectivity index (χ3n) is 2.85. The minimum absolute atomic E-state index is 0.0757. The Bertz CT molecular complexity index is 590. The molecule has 2 aromatic carbocycles. The zero-order valence-electron chi connectivity index (χ0n) is 10.3. The van der Waals surface area contributed by atoms with Crippen LogP contribution in [-0.2, 0) is 11.2 Å². The first-order valence-electron chi connectivity index (χ1n) is 5.51. The highest BCUT2D eigenvalue weighted by atomic mass is 16.5. The normalized spacial score (nSPS) is 10.3. The number of methoxy groups -OCH3 is 2. The largest absolute Gasteiger partial charge is 0.496 e. The summed E-state index contributed by atoms with van der Waals surface area (Å²) in [5.41, 5.74) is 0.668. The first-order chi connectivity index (χ1) is 8.67. The molecule has 4 heteroatoms. The molecule has 0 heterocycles. The van der Waals surface area contributed by atoms with Crippen molar-refractivity contribution in [2.24, 2.45) is 0 Å². The van der Waals surface area contributed by atoms with E-state index in [1.54, 1.807) is 13.2 Å². The molecular weight excluding hydrogens is 232 g/mol. The number of carbonyl (C=O) groups is 1. The minimum atomic E-state index is -0.886. The second-order valence-electron chi connectivity index (χ2n) is 3.88. The molecule has 0 radical (unpaired) electrons. The van der Waals surface area contributed by atoms with Gasteiger partial charge in [0.05, 0.1) is 20.6 Å². The van der Waals surface area contributed by atoms with Crippen molar-refractivity contribution in [3.63, 3.8) is 0 Å². The Balaban J connectivity index is 2.76. The lowest BCUT2D eigenvalue weighted by molar-refractivity contribution is -0.136. The van der Waals surface area contributed by atoms with Gasteiger partial charge in [-0.2, -0.15) is 0 Å². The fourth-order valence-corrected chi connectivity index (χ4v) is 2.06. The van der Waals surface area contributed by atoms with E-state index in [4.69, 9.17) is 14.6 Å². The van der Waals surface area contributed by atoms with Gasteiger partial charge in [-0.25, -0.2) is 0 Å². The van der Waals surface area contributed by atoms with Crippen molar-refractivity contribution in [3.05, 3.63) is 35.9 Å². The highest BCUT2D eigenvalue weighted by Gasteiger charge is 2.15. The Morgan fingerprint density at radius 3 is 2.28 bits per heavy atom. The summed E-state index contributed by atoms with van der Waals surface area (Å²) in [4.78, 5) is 10.9. The molecule has 0 amide bonds. The molecular formula is C14H14O4. The Morgan fingerprint density at radius 2 is 1.72 bits per heavy atom. The van der Waals surface area contributed by atoms with Crippen LogP contribution in [0, 0.1) is 0 Å². The van der Waals surface area contributed by atoms with Crippen LogP contribution in [0.15, 0.2) is 30.3 Å². The molecule has 0 saturated heterocycles. The van der Waals surface area contributed by atoms with Crippen LogP contribution in [0.25, 0.3) is 10.8 Å². The summed E-state index contributed by atoms with van der Waals surface area (Å²) in [7, 11) is 3.10. The molecule has 2 aromatic rings. The highest BCUT2D eigenvalue weighted by molar-refractivity contribution is 5.95. The molecule has 0 aliphatic rings. The first kappa shape index (κ1) is 12.2. The second kappa shape index (κ2) is 4.96. The number of rotatable bonds is 4.